The molecule has 0 unspecified atom stereocenters. The van der Waals surface area contributed by atoms with Crippen molar-refractivity contribution in [1.29, 1.82) is 0 Å². The normalized spacial score (nSPS) is 10.3. The van der Waals surface area contributed by atoms with Gasteiger partial charge < -0.3 is 10.7 Å². The van der Waals surface area contributed by atoms with Crippen molar-refractivity contribution in [3.8, 4) is 0 Å². The van der Waals surface area contributed by atoms with E-state index in [0.29, 0.717) is 5.56 Å². The van der Waals surface area contributed by atoms with Crippen LogP contribution in [0.4, 0.5) is 5.69 Å². The van der Waals surface area contributed by atoms with E-state index in [1.165, 1.54) is 25.0 Å². The molecule has 0 aromatic heterocycles. The number of nitrogens with two attached hydrogens (primary N) is 1. The van der Waals surface area contributed by atoms with Gasteiger partial charge in [0, 0.05) is 12.1 Å². The summed E-state index contributed by atoms with van der Waals surface area (Å²) in [5, 5.41) is 2.96. The van der Waals surface area contributed by atoms with E-state index in [4.69, 9.17) is 5.84 Å². The highest BCUT2D eigenvalue weighted by Crippen LogP contribution is 2.15. The molecule has 0 saturated carbocycles. The number of hydrogen-bond donors (Lipinski definition) is 3. The van der Waals surface area contributed by atoms with Gasteiger partial charge in [0.1, 0.15) is 0 Å². The third-order valence-corrected chi connectivity index (χ3v) is 3.90. The number of nitrogen functional groups attached to an aromatic ring is 1. The van der Waals surface area contributed by atoms with Crippen LogP contribution in [0.1, 0.15) is 41.6 Å². The summed E-state index contributed by atoms with van der Waals surface area (Å²) in [5.41, 5.74) is 5.10. The third-order valence-electron chi connectivity index (χ3n) is 3.20. The molecule has 0 fully saturated rings. The van der Waals surface area contributed by atoms with Crippen LogP contribution >= 0.6 is 11.8 Å². The molecule has 0 heterocycles. The topological polar surface area (TPSA) is 67.2 Å². The van der Waals surface area contributed by atoms with Gasteiger partial charge in [-0.1, -0.05) is 12.8 Å². The summed E-state index contributed by atoms with van der Waals surface area (Å²) in [5.74, 6) is 6.59. The SMILES string of the molecule is CSCCCCCCNC(=O)c1ccc(NN)c(C)c1. The van der Waals surface area contributed by atoms with Gasteiger partial charge in [-0.2, -0.15) is 11.8 Å². The molecular formula is C15H25N3OS. The van der Waals surface area contributed by atoms with E-state index in [2.05, 4.69) is 17.0 Å². The summed E-state index contributed by atoms with van der Waals surface area (Å²) in [6.45, 7) is 2.67. The monoisotopic (exact) mass is 295 g/mol. The molecule has 1 aromatic rings. The number of hydrogen-bond acceptors (Lipinski definition) is 4. The maximum Gasteiger partial charge on any atom is 0.251 e. The zero-order valence-corrected chi connectivity index (χ0v) is 13.2. The number of amides is 1. The molecule has 0 radical (unpaired) electrons. The van der Waals surface area contributed by atoms with E-state index in [1.807, 2.05) is 30.8 Å². The Morgan fingerprint density at radius 3 is 2.65 bits per heavy atom. The fourth-order valence-electron chi connectivity index (χ4n) is 2.00. The Labute approximate surface area is 125 Å². The van der Waals surface area contributed by atoms with Gasteiger partial charge in [-0.15, -0.1) is 0 Å². The predicted octanol–water partition coefficient (Wildman–Crippen LogP) is 2.93. The number of nitrogens with one attached hydrogen (secondary N) is 2. The van der Waals surface area contributed by atoms with Crippen molar-refractivity contribution >= 4 is 23.4 Å². The van der Waals surface area contributed by atoms with Gasteiger partial charge in [-0.25, -0.2) is 0 Å². The van der Waals surface area contributed by atoms with Crippen LogP contribution in [0.3, 0.4) is 0 Å². The lowest BCUT2D eigenvalue weighted by Gasteiger charge is -2.08. The molecule has 1 aromatic carbocycles. The molecule has 0 spiro atoms. The Balaban J connectivity index is 2.27. The molecule has 4 N–H and O–H groups in total. The fourth-order valence-corrected chi connectivity index (χ4v) is 2.49. The number of carbonyl (C=O) groups is 1. The number of rotatable bonds is 9. The zero-order chi connectivity index (χ0) is 14.8. The van der Waals surface area contributed by atoms with Gasteiger partial charge in [0.15, 0.2) is 0 Å². The molecule has 0 aliphatic rings. The lowest BCUT2D eigenvalue weighted by molar-refractivity contribution is 0.0953. The summed E-state index contributed by atoms with van der Waals surface area (Å²) in [7, 11) is 0. The smallest absolute Gasteiger partial charge is 0.251 e. The predicted molar refractivity (Wildman–Crippen MR) is 88.2 cm³/mol. The number of unbranched alkanes of at least 4 members (excludes halogenated alkanes) is 3. The van der Waals surface area contributed by atoms with Gasteiger partial charge in [0.25, 0.3) is 5.91 Å². The molecule has 1 rings (SSSR count). The second-order valence-electron chi connectivity index (χ2n) is 4.84. The Hall–Kier alpha value is -1.20. The molecule has 4 nitrogen and oxygen atoms in total. The van der Waals surface area contributed by atoms with Crippen molar-refractivity contribution in [2.24, 2.45) is 5.84 Å². The first kappa shape index (κ1) is 16.9. The molecule has 20 heavy (non-hydrogen) atoms. The van der Waals surface area contributed by atoms with Crippen LogP contribution in [0.2, 0.25) is 0 Å². The summed E-state index contributed by atoms with van der Waals surface area (Å²) >= 11 is 1.89. The van der Waals surface area contributed by atoms with Crippen molar-refractivity contribution in [2.45, 2.75) is 32.6 Å². The van der Waals surface area contributed by atoms with E-state index in [1.54, 1.807) is 6.07 Å². The van der Waals surface area contributed by atoms with Crippen molar-refractivity contribution < 1.29 is 4.79 Å². The quantitative estimate of drug-likeness (QED) is 0.372. The van der Waals surface area contributed by atoms with Crippen LogP contribution in [0.5, 0.6) is 0 Å². The van der Waals surface area contributed by atoms with Crippen LogP contribution in [0.25, 0.3) is 0 Å². The standard InChI is InChI=1S/C15H25N3OS/c1-12-11-13(7-8-14(12)18-16)15(19)17-9-5-3-4-6-10-20-2/h7-8,11,18H,3-6,9-10,16H2,1-2H3,(H,17,19). The van der Waals surface area contributed by atoms with Crippen LogP contribution in [-0.4, -0.2) is 24.5 Å². The summed E-state index contributed by atoms with van der Waals surface area (Å²) in [4.78, 5) is 12.0. The van der Waals surface area contributed by atoms with Crippen molar-refractivity contribution in [2.75, 3.05) is 24.0 Å². The summed E-state index contributed by atoms with van der Waals surface area (Å²) in [6, 6.07) is 5.46. The third kappa shape index (κ3) is 5.84. The van der Waals surface area contributed by atoms with Crippen molar-refractivity contribution in [3.05, 3.63) is 29.3 Å². The molecule has 5 heteroatoms. The molecule has 0 atom stereocenters. The van der Waals surface area contributed by atoms with Crippen LogP contribution in [0, 0.1) is 6.92 Å². The average molecular weight is 295 g/mol. The van der Waals surface area contributed by atoms with E-state index < -0.39 is 0 Å². The number of benzene rings is 1. The highest BCUT2D eigenvalue weighted by atomic mass is 32.2. The Kier molecular flexibility index (Phi) is 8.14. The lowest BCUT2D eigenvalue weighted by atomic mass is 10.1. The van der Waals surface area contributed by atoms with Gasteiger partial charge in [0.05, 0.1) is 5.69 Å². The Bertz CT molecular complexity index is 424. The Morgan fingerprint density at radius 1 is 1.25 bits per heavy atom. The fraction of sp³-hybridized carbons (Fsp3) is 0.533. The zero-order valence-electron chi connectivity index (χ0n) is 12.4. The van der Waals surface area contributed by atoms with Gasteiger partial charge in [-0.05, 0) is 55.5 Å². The largest absolute Gasteiger partial charge is 0.352 e. The number of thioether (sulfide) groups is 1. The maximum absolute atomic E-state index is 12.0. The van der Waals surface area contributed by atoms with Gasteiger partial charge >= 0.3 is 0 Å². The molecule has 0 bridgehead atoms. The lowest BCUT2D eigenvalue weighted by Crippen LogP contribution is -2.24. The number of aryl methyl sites for hydroxylation is 1. The minimum absolute atomic E-state index is 0.0132. The first-order valence-corrected chi connectivity index (χ1v) is 8.43. The number of carbonyl (C=O) groups excluding carboxylic acids is 1. The van der Waals surface area contributed by atoms with E-state index in [0.717, 1.165) is 24.2 Å². The second-order valence-corrected chi connectivity index (χ2v) is 5.82. The molecule has 112 valence electrons. The molecular weight excluding hydrogens is 270 g/mol. The Morgan fingerprint density at radius 2 is 2.00 bits per heavy atom. The molecule has 0 saturated heterocycles. The summed E-state index contributed by atoms with van der Waals surface area (Å²) < 4.78 is 0. The van der Waals surface area contributed by atoms with Crippen LogP contribution < -0.4 is 16.6 Å². The first-order chi connectivity index (χ1) is 9.69. The van der Waals surface area contributed by atoms with Crippen LogP contribution in [-0.2, 0) is 0 Å². The van der Waals surface area contributed by atoms with Gasteiger partial charge in [0.2, 0.25) is 0 Å². The van der Waals surface area contributed by atoms with E-state index >= 15 is 0 Å². The highest BCUT2D eigenvalue weighted by Gasteiger charge is 2.06. The van der Waals surface area contributed by atoms with E-state index in [9.17, 15) is 4.79 Å². The van der Waals surface area contributed by atoms with Crippen molar-refractivity contribution in [3.63, 3.8) is 0 Å². The average Bonchev–Trinajstić information content (AvgIpc) is 2.46. The second kappa shape index (κ2) is 9.66. The minimum Gasteiger partial charge on any atom is -0.352 e. The molecule has 1 amide bonds. The van der Waals surface area contributed by atoms with Crippen LogP contribution in [0.15, 0.2) is 18.2 Å². The maximum atomic E-state index is 12.0. The molecule has 0 aliphatic heterocycles. The first-order valence-electron chi connectivity index (χ1n) is 7.03. The minimum atomic E-state index is -0.0132. The van der Waals surface area contributed by atoms with E-state index in [-0.39, 0.29) is 5.91 Å². The highest BCUT2D eigenvalue weighted by molar-refractivity contribution is 7.98. The molecule has 0 aliphatic carbocycles. The number of anilines is 1. The number of hydrazine groups is 1. The van der Waals surface area contributed by atoms with Gasteiger partial charge in [-0.3, -0.25) is 10.6 Å². The van der Waals surface area contributed by atoms with Crippen molar-refractivity contribution in [1.82, 2.24) is 5.32 Å². The summed E-state index contributed by atoms with van der Waals surface area (Å²) in [6.07, 6.45) is 6.86.